The molecule has 1 N–H and O–H groups in total. The minimum absolute atomic E-state index is 0.254. The van der Waals surface area contributed by atoms with E-state index in [0.29, 0.717) is 33.7 Å². The fourth-order valence-electron chi connectivity index (χ4n) is 2.55. The molecule has 0 aliphatic carbocycles. The SMILES string of the molecule is COC(=O)COc1ccc(C(=O)NCC(C)(C)c2ccc(Cl)c(Cl)c2)cc1OC. The second kappa shape index (κ2) is 9.85. The minimum Gasteiger partial charge on any atom is -0.493 e. The number of rotatable bonds is 8. The Morgan fingerprint density at radius 3 is 2.34 bits per heavy atom. The molecule has 0 aromatic heterocycles. The molecular formula is C21H23Cl2NO5. The molecule has 2 aromatic carbocycles. The van der Waals surface area contributed by atoms with Crippen LogP contribution in [0.1, 0.15) is 29.8 Å². The molecule has 0 heterocycles. The van der Waals surface area contributed by atoms with Crippen LogP contribution in [-0.2, 0) is 14.9 Å². The van der Waals surface area contributed by atoms with Gasteiger partial charge in [-0.2, -0.15) is 0 Å². The molecule has 0 aliphatic rings. The lowest BCUT2D eigenvalue weighted by molar-refractivity contribution is -0.142. The molecular weight excluding hydrogens is 417 g/mol. The predicted molar refractivity (Wildman–Crippen MR) is 112 cm³/mol. The summed E-state index contributed by atoms with van der Waals surface area (Å²) in [6, 6.07) is 10.1. The zero-order valence-electron chi connectivity index (χ0n) is 16.7. The van der Waals surface area contributed by atoms with E-state index in [1.165, 1.54) is 14.2 Å². The third-order valence-electron chi connectivity index (χ3n) is 4.39. The highest BCUT2D eigenvalue weighted by atomic mass is 35.5. The van der Waals surface area contributed by atoms with Gasteiger partial charge in [0.2, 0.25) is 0 Å². The van der Waals surface area contributed by atoms with E-state index < -0.39 is 5.97 Å². The number of ether oxygens (including phenoxy) is 3. The molecule has 0 saturated heterocycles. The number of amides is 1. The third kappa shape index (κ3) is 6.02. The van der Waals surface area contributed by atoms with Crippen molar-refractivity contribution in [1.29, 1.82) is 0 Å². The first-order valence-electron chi connectivity index (χ1n) is 8.79. The van der Waals surface area contributed by atoms with Crippen LogP contribution >= 0.6 is 23.2 Å². The lowest BCUT2D eigenvalue weighted by atomic mass is 9.84. The molecule has 0 fully saturated rings. The smallest absolute Gasteiger partial charge is 0.343 e. The first kappa shape index (κ1) is 22.8. The summed E-state index contributed by atoms with van der Waals surface area (Å²) >= 11 is 12.1. The molecule has 0 unspecified atom stereocenters. The van der Waals surface area contributed by atoms with Crippen molar-refractivity contribution in [3.8, 4) is 11.5 Å². The maximum Gasteiger partial charge on any atom is 0.343 e. The van der Waals surface area contributed by atoms with Gasteiger partial charge < -0.3 is 19.5 Å². The molecule has 29 heavy (non-hydrogen) atoms. The summed E-state index contributed by atoms with van der Waals surface area (Å²) in [5.41, 5.74) is 0.992. The second-order valence-electron chi connectivity index (χ2n) is 6.93. The lowest BCUT2D eigenvalue weighted by Crippen LogP contribution is -2.36. The summed E-state index contributed by atoms with van der Waals surface area (Å²) in [5.74, 6) is -0.106. The maximum atomic E-state index is 12.6. The molecule has 2 rings (SSSR count). The highest BCUT2D eigenvalue weighted by Crippen LogP contribution is 2.30. The van der Waals surface area contributed by atoms with Crippen LogP contribution < -0.4 is 14.8 Å². The first-order valence-corrected chi connectivity index (χ1v) is 9.55. The van der Waals surface area contributed by atoms with E-state index in [9.17, 15) is 9.59 Å². The van der Waals surface area contributed by atoms with Crippen LogP contribution in [-0.4, -0.2) is 39.2 Å². The molecule has 0 radical (unpaired) electrons. The number of nitrogens with one attached hydrogen (secondary N) is 1. The number of halogens is 2. The predicted octanol–water partition coefficient (Wildman–Crippen LogP) is 4.26. The van der Waals surface area contributed by atoms with Crippen LogP contribution in [0.4, 0.5) is 0 Å². The summed E-state index contributed by atoms with van der Waals surface area (Å²) in [5, 5.41) is 3.87. The van der Waals surface area contributed by atoms with Gasteiger partial charge in [-0.25, -0.2) is 4.79 Å². The van der Waals surface area contributed by atoms with Crippen LogP contribution in [0.3, 0.4) is 0 Å². The van der Waals surface area contributed by atoms with Gasteiger partial charge >= 0.3 is 5.97 Å². The normalized spacial score (nSPS) is 11.0. The lowest BCUT2D eigenvalue weighted by Gasteiger charge is -2.26. The molecule has 8 heteroatoms. The van der Waals surface area contributed by atoms with Crippen molar-refractivity contribution in [3.63, 3.8) is 0 Å². The van der Waals surface area contributed by atoms with Gasteiger partial charge in [-0.15, -0.1) is 0 Å². The Labute approximate surface area is 180 Å². The van der Waals surface area contributed by atoms with Gasteiger partial charge in [0.25, 0.3) is 5.91 Å². The second-order valence-corrected chi connectivity index (χ2v) is 7.74. The van der Waals surface area contributed by atoms with E-state index in [0.717, 1.165) is 5.56 Å². The standard InChI is InChI=1S/C21H23Cl2NO5/c1-21(2,14-6-7-15(22)16(23)10-14)12-24-20(26)13-5-8-17(18(9-13)27-3)29-11-19(25)28-4/h5-10H,11-12H2,1-4H3,(H,24,26). The summed E-state index contributed by atoms with van der Waals surface area (Å²) in [6.07, 6.45) is 0. The van der Waals surface area contributed by atoms with Crippen molar-refractivity contribution in [2.75, 3.05) is 27.4 Å². The average Bonchev–Trinajstić information content (AvgIpc) is 2.71. The highest BCUT2D eigenvalue weighted by Gasteiger charge is 2.23. The molecule has 0 aliphatic heterocycles. The molecule has 0 saturated carbocycles. The Morgan fingerprint density at radius 1 is 1.00 bits per heavy atom. The van der Waals surface area contributed by atoms with Crippen molar-refractivity contribution in [3.05, 3.63) is 57.6 Å². The van der Waals surface area contributed by atoms with E-state index >= 15 is 0 Å². The summed E-state index contributed by atoms with van der Waals surface area (Å²) < 4.78 is 15.1. The molecule has 2 aromatic rings. The number of methoxy groups -OCH3 is 2. The molecule has 1 amide bonds. The maximum absolute atomic E-state index is 12.6. The Morgan fingerprint density at radius 2 is 1.72 bits per heavy atom. The molecule has 156 valence electrons. The van der Waals surface area contributed by atoms with Gasteiger partial charge in [0.15, 0.2) is 18.1 Å². The Hall–Kier alpha value is -2.44. The average molecular weight is 440 g/mol. The van der Waals surface area contributed by atoms with Crippen LogP contribution in [0.2, 0.25) is 10.0 Å². The van der Waals surface area contributed by atoms with Crippen molar-refractivity contribution >= 4 is 35.1 Å². The Balaban J connectivity index is 2.07. The highest BCUT2D eigenvalue weighted by molar-refractivity contribution is 6.42. The van der Waals surface area contributed by atoms with Crippen LogP contribution in [0, 0.1) is 0 Å². The number of hydrogen-bond acceptors (Lipinski definition) is 5. The number of esters is 1. The Kier molecular flexibility index (Phi) is 7.76. The van der Waals surface area contributed by atoms with Crippen LogP contribution in [0.5, 0.6) is 11.5 Å². The van der Waals surface area contributed by atoms with Gasteiger partial charge in [0, 0.05) is 17.5 Å². The third-order valence-corrected chi connectivity index (χ3v) is 5.13. The van der Waals surface area contributed by atoms with E-state index in [-0.39, 0.29) is 17.9 Å². The molecule has 0 spiro atoms. The monoisotopic (exact) mass is 439 g/mol. The fraction of sp³-hybridized carbons (Fsp3) is 0.333. The van der Waals surface area contributed by atoms with Gasteiger partial charge in [0.1, 0.15) is 0 Å². The van der Waals surface area contributed by atoms with E-state index in [4.69, 9.17) is 32.7 Å². The van der Waals surface area contributed by atoms with Gasteiger partial charge in [-0.05, 0) is 35.9 Å². The van der Waals surface area contributed by atoms with Gasteiger partial charge in [-0.3, -0.25) is 4.79 Å². The molecule has 6 nitrogen and oxygen atoms in total. The number of hydrogen-bond donors (Lipinski definition) is 1. The van der Waals surface area contributed by atoms with Crippen molar-refractivity contribution in [2.24, 2.45) is 0 Å². The number of benzene rings is 2. The topological polar surface area (TPSA) is 73.9 Å². The van der Waals surface area contributed by atoms with Crippen molar-refractivity contribution in [2.45, 2.75) is 19.3 Å². The van der Waals surface area contributed by atoms with Crippen LogP contribution in [0.25, 0.3) is 0 Å². The van der Waals surface area contributed by atoms with Gasteiger partial charge in [-0.1, -0.05) is 43.1 Å². The first-order chi connectivity index (χ1) is 13.7. The van der Waals surface area contributed by atoms with E-state index in [2.05, 4.69) is 10.1 Å². The zero-order chi connectivity index (χ0) is 21.6. The fourth-order valence-corrected chi connectivity index (χ4v) is 2.84. The van der Waals surface area contributed by atoms with Gasteiger partial charge in [0.05, 0.1) is 24.3 Å². The van der Waals surface area contributed by atoms with Crippen molar-refractivity contribution in [1.82, 2.24) is 5.32 Å². The van der Waals surface area contributed by atoms with Crippen molar-refractivity contribution < 1.29 is 23.8 Å². The molecule has 0 bridgehead atoms. The largest absolute Gasteiger partial charge is 0.493 e. The summed E-state index contributed by atoms with van der Waals surface area (Å²) in [7, 11) is 2.73. The number of carbonyl (C=O) groups excluding carboxylic acids is 2. The summed E-state index contributed by atoms with van der Waals surface area (Å²) in [4.78, 5) is 23.8. The molecule has 0 atom stereocenters. The quantitative estimate of drug-likeness (QED) is 0.621. The minimum atomic E-state index is -0.515. The Bertz CT molecular complexity index is 899. The zero-order valence-corrected chi connectivity index (χ0v) is 18.2. The van der Waals surface area contributed by atoms with E-state index in [1.807, 2.05) is 19.9 Å². The summed E-state index contributed by atoms with van der Waals surface area (Å²) in [6.45, 7) is 4.12. The number of carbonyl (C=O) groups is 2. The van der Waals surface area contributed by atoms with Crippen LogP contribution in [0.15, 0.2) is 36.4 Å². The van der Waals surface area contributed by atoms with E-state index in [1.54, 1.807) is 30.3 Å².